The van der Waals surface area contributed by atoms with Crippen LogP contribution >= 0.6 is 0 Å². The number of aliphatic hydroxyl groups excluding tert-OH is 2. The summed E-state index contributed by atoms with van der Waals surface area (Å²) in [5, 5.41) is 20.4. The average molecular weight is 290 g/mol. The summed E-state index contributed by atoms with van der Waals surface area (Å²) in [5.74, 6) is 2.95. The minimum atomic E-state index is -0.221. The zero-order valence-corrected chi connectivity index (χ0v) is 13.5. The predicted molar refractivity (Wildman–Crippen MR) is 83.6 cm³/mol. The molecule has 21 heavy (non-hydrogen) atoms. The second-order valence-corrected chi connectivity index (χ2v) is 8.82. The van der Waals surface area contributed by atoms with Gasteiger partial charge >= 0.3 is 0 Å². The van der Waals surface area contributed by atoms with Gasteiger partial charge in [-0.3, -0.25) is 0 Å². The van der Waals surface area contributed by atoms with E-state index < -0.39 is 0 Å². The van der Waals surface area contributed by atoms with E-state index in [0.29, 0.717) is 5.92 Å². The molecule has 0 aromatic rings. The second-order valence-electron chi connectivity index (χ2n) is 8.82. The molecule has 4 aliphatic rings. The quantitative estimate of drug-likeness (QED) is 0.670. The van der Waals surface area contributed by atoms with Gasteiger partial charge in [-0.15, -0.1) is 0 Å². The summed E-state index contributed by atoms with van der Waals surface area (Å²) < 4.78 is 0. The van der Waals surface area contributed by atoms with Crippen LogP contribution in [0.4, 0.5) is 0 Å². The second kappa shape index (κ2) is 4.58. The summed E-state index contributed by atoms with van der Waals surface area (Å²) >= 11 is 0. The van der Waals surface area contributed by atoms with E-state index in [-0.39, 0.29) is 23.0 Å². The van der Waals surface area contributed by atoms with Crippen LogP contribution in [-0.2, 0) is 0 Å². The van der Waals surface area contributed by atoms with Crippen molar-refractivity contribution in [2.75, 3.05) is 0 Å². The van der Waals surface area contributed by atoms with Crippen molar-refractivity contribution in [2.45, 2.75) is 71.0 Å². The van der Waals surface area contributed by atoms with Crippen molar-refractivity contribution in [3.8, 4) is 0 Å². The lowest BCUT2D eigenvalue weighted by atomic mass is 9.46. The van der Waals surface area contributed by atoms with Crippen LogP contribution in [0.5, 0.6) is 0 Å². The lowest BCUT2D eigenvalue weighted by Gasteiger charge is -2.59. The molecule has 0 unspecified atom stereocenters. The fraction of sp³-hybridized carbons (Fsp3) is 0.895. The summed E-state index contributed by atoms with van der Waals surface area (Å²) in [6, 6.07) is 0. The molecule has 4 aliphatic carbocycles. The first kappa shape index (κ1) is 14.3. The van der Waals surface area contributed by atoms with Gasteiger partial charge in [0.2, 0.25) is 0 Å². The van der Waals surface area contributed by atoms with Crippen LogP contribution in [0.25, 0.3) is 0 Å². The van der Waals surface area contributed by atoms with E-state index in [1.165, 1.54) is 32.1 Å². The van der Waals surface area contributed by atoms with Crippen LogP contribution in [0.15, 0.2) is 12.2 Å². The number of rotatable bonds is 0. The van der Waals surface area contributed by atoms with Gasteiger partial charge in [0, 0.05) is 0 Å². The molecule has 2 nitrogen and oxygen atoms in total. The summed E-state index contributed by atoms with van der Waals surface area (Å²) in [5.41, 5.74) is 0.472. The Kier molecular flexibility index (Phi) is 3.11. The maximum atomic E-state index is 10.5. The number of fused-ring (bicyclic) bond motifs is 5. The predicted octanol–water partition coefficient (Wildman–Crippen LogP) is 3.53. The van der Waals surface area contributed by atoms with Crippen molar-refractivity contribution >= 4 is 0 Å². The van der Waals surface area contributed by atoms with Gasteiger partial charge in [-0.1, -0.05) is 26.0 Å². The van der Waals surface area contributed by atoms with E-state index >= 15 is 0 Å². The summed E-state index contributed by atoms with van der Waals surface area (Å²) in [4.78, 5) is 0. The molecule has 0 bridgehead atoms. The van der Waals surface area contributed by atoms with Crippen molar-refractivity contribution in [3.05, 3.63) is 12.2 Å². The fourth-order valence-corrected chi connectivity index (χ4v) is 6.76. The highest BCUT2D eigenvalue weighted by atomic mass is 16.3. The van der Waals surface area contributed by atoms with Crippen molar-refractivity contribution < 1.29 is 10.2 Å². The Morgan fingerprint density at radius 2 is 1.76 bits per heavy atom. The topological polar surface area (TPSA) is 40.5 Å². The summed E-state index contributed by atoms with van der Waals surface area (Å²) in [7, 11) is 0. The molecule has 118 valence electrons. The fourth-order valence-electron chi connectivity index (χ4n) is 6.76. The number of hydrogen-bond donors (Lipinski definition) is 2. The number of aliphatic hydroxyl groups is 2. The maximum Gasteiger partial charge on any atom is 0.0724 e. The average Bonchev–Trinajstić information content (AvgIpc) is 2.76. The third-order valence-electron chi connectivity index (χ3n) is 8.12. The maximum absolute atomic E-state index is 10.5. The standard InChI is InChI=1S/C19H30O2/c1-18-9-7-13(20)11-12(18)3-4-14-15-5-6-17(21)19(15,2)10-8-16(14)18/h7,9,12-17,20-21H,3-6,8,10-11H2,1-2H3/t12-,13-,14+,15+,16+,17+,18+,19+/m1/s1. The molecule has 2 heteroatoms. The Bertz CT molecular complexity index is 458. The molecule has 3 saturated carbocycles. The van der Waals surface area contributed by atoms with E-state index in [2.05, 4.69) is 26.0 Å². The van der Waals surface area contributed by atoms with E-state index in [4.69, 9.17) is 0 Å². The van der Waals surface area contributed by atoms with E-state index in [0.717, 1.165) is 30.6 Å². The molecule has 0 radical (unpaired) electrons. The zero-order valence-electron chi connectivity index (χ0n) is 13.5. The van der Waals surface area contributed by atoms with Crippen molar-refractivity contribution in [1.82, 2.24) is 0 Å². The minimum Gasteiger partial charge on any atom is -0.393 e. The molecule has 3 fully saturated rings. The molecular weight excluding hydrogens is 260 g/mol. The van der Waals surface area contributed by atoms with Gasteiger partial charge in [0.15, 0.2) is 0 Å². The lowest BCUT2D eigenvalue weighted by molar-refractivity contribution is -0.0994. The van der Waals surface area contributed by atoms with Gasteiger partial charge in [0.1, 0.15) is 0 Å². The highest BCUT2D eigenvalue weighted by Crippen LogP contribution is 2.65. The Morgan fingerprint density at radius 1 is 0.952 bits per heavy atom. The largest absolute Gasteiger partial charge is 0.393 e. The van der Waals surface area contributed by atoms with Crippen LogP contribution in [-0.4, -0.2) is 22.4 Å². The van der Waals surface area contributed by atoms with Gasteiger partial charge in [-0.2, -0.15) is 0 Å². The van der Waals surface area contributed by atoms with Gasteiger partial charge in [-0.25, -0.2) is 0 Å². The van der Waals surface area contributed by atoms with Crippen molar-refractivity contribution in [1.29, 1.82) is 0 Å². The summed E-state index contributed by atoms with van der Waals surface area (Å²) in [6.45, 7) is 4.80. The van der Waals surface area contributed by atoms with Crippen molar-refractivity contribution in [2.24, 2.45) is 34.5 Å². The first-order valence-corrected chi connectivity index (χ1v) is 9.00. The Hall–Kier alpha value is -0.340. The van der Waals surface area contributed by atoms with Crippen LogP contribution in [0.2, 0.25) is 0 Å². The third kappa shape index (κ3) is 1.84. The third-order valence-corrected chi connectivity index (χ3v) is 8.12. The number of hydrogen-bond acceptors (Lipinski definition) is 2. The van der Waals surface area contributed by atoms with E-state index in [1.807, 2.05) is 0 Å². The van der Waals surface area contributed by atoms with Crippen LogP contribution in [0, 0.1) is 34.5 Å². The van der Waals surface area contributed by atoms with Gasteiger partial charge in [0.05, 0.1) is 12.2 Å². The normalized spacial score (nSPS) is 59.2. The number of allylic oxidation sites excluding steroid dienone is 1. The molecule has 8 atom stereocenters. The lowest BCUT2D eigenvalue weighted by Crippen LogP contribution is -2.53. The SMILES string of the molecule is C[C@]12C=C[C@@H](O)C[C@H]1CC[C@@H]1[C@@H]2CC[C@]2(C)[C@@H](O)CC[C@@H]12. The van der Waals surface area contributed by atoms with Gasteiger partial charge in [-0.05, 0) is 79.4 Å². The highest BCUT2D eigenvalue weighted by molar-refractivity contribution is 5.17. The molecule has 2 N–H and O–H groups in total. The molecule has 0 heterocycles. The van der Waals surface area contributed by atoms with Crippen LogP contribution in [0.1, 0.15) is 58.8 Å². The molecule has 0 spiro atoms. The van der Waals surface area contributed by atoms with Crippen LogP contribution < -0.4 is 0 Å². The van der Waals surface area contributed by atoms with E-state index in [9.17, 15) is 10.2 Å². The minimum absolute atomic E-state index is 0.0716. The van der Waals surface area contributed by atoms with Gasteiger partial charge in [0.25, 0.3) is 0 Å². The Labute approximate surface area is 128 Å². The first-order valence-electron chi connectivity index (χ1n) is 9.00. The van der Waals surface area contributed by atoms with Crippen molar-refractivity contribution in [3.63, 3.8) is 0 Å². The monoisotopic (exact) mass is 290 g/mol. The molecule has 4 rings (SSSR count). The smallest absolute Gasteiger partial charge is 0.0724 e. The van der Waals surface area contributed by atoms with Gasteiger partial charge < -0.3 is 10.2 Å². The summed E-state index contributed by atoms with van der Waals surface area (Å²) in [6.07, 6.45) is 12.4. The van der Waals surface area contributed by atoms with Crippen LogP contribution in [0.3, 0.4) is 0 Å². The molecule has 0 aliphatic heterocycles. The molecular formula is C19H30O2. The molecule has 0 aromatic carbocycles. The Morgan fingerprint density at radius 3 is 2.57 bits per heavy atom. The Balaban J connectivity index is 1.67. The first-order chi connectivity index (χ1) is 9.95. The molecule has 0 aromatic heterocycles. The highest BCUT2D eigenvalue weighted by Gasteiger charge is 2.59. The zero-order chi connectivity index (χ0) is 14.8. The van der Waals surface area contributed by atoms with E-state index in [1.54, 1.807) is 0 Å². The molecule has 0 amide bonds. The molecule has 0 saturated heterocycles.